The van der Waals surface area contributed by atoms with E-state index in [2.05, 4.69) is 10.6 Å². The van der Waals surface area contributed by atoms with Crippen LogP contribution in [0.3, 0.4) is 0 Å². The highest BCUT2D eigenvalue weighted by Crippen LogP contribution is 2.37. The minimum atomic E-state index is -1.37. The summed E-state index contributed by atoms with van der Waals surface area (Å²) in [5, 5.41) is 42.9. The lowest BCUT2D eigenvalue weighted by atomic mass is 10.1. The number of aliphatic hydroxyl groups is 2. The molecule has 4 rings (SSSR count). The van der Waals surface area contributed by atoms with E-state index < -0.39 is 36.1 Å². The van der Waals surface area contributed by atoms with E-state index >= 15 is 0 Å². The van der Waals surface area contributed by atoms with Gasteiger partial charge in [-0.1, -0.05) is 11.1 Å². The molecule has 4 amide bonds. The Labute approximate surface area is 294 Å². The van der Waals surface area contributed by atoms with E-state index in [9.17, 15) is 39.6 Å². The molecule has 0 bridgehead atoms. The molecule has 0 spiro atoms. The lowest BCUT2D eigenvalue weighted by Gasteiger charge is -2.24. The van der Waals surface area contributed by atoms with Crippen molar-refractivity contribution in [2.75, 3.05) is 51.3 Å². The van der Waals surface area contributed by atoms with Gasteiger partial charge in [-0.25, -0.2) is 9.59 Å². The molecule has 2 aliphatic heterocycles. The number of amides is 4. The summed E-state index contributed by atoms with van der Waals surface area (Å²) >= 11 is 0. The summed E-state index contributed by atoms with van der Waals surface area (Å²) in [4.78, 5) is 52.7. The van der Waals surface area contributed by atoms with Crippen LogP contribution in [0.15, 0.2) is 47.8 Å². The van der Waals surface area contributed by atoms with Crippen LogP contribution < -0.4 is 29.6 Å². The molecule has 0 aromatic heterocycles. The quantitative estimate of drug-likeness (QED) is 0.130. The monoisotopic (exact) mass is 712 g/mol. The minimum Gasteiger partial charge on any atom is -0.493 e. The molecule has 2 aromatic rings. The van der Waals surface area contributed by atoms with Crippen molar-refractivity contribution in [1.29, 1.82) is 0 Å². The van der Waals surface area contributed by atoms with Crippen molar-refractivity contribution in [3.63, 3.8) is 0 Å². The van der Waals surface area contributed by atoms with Crippen molar-refractivity contribution >= 4 is 35.4 Å². The second kappa shape index (κ2) is 17.4. The largest absolute Gasteiger partial charge is 0.493 e. The SMILES string of the molecule is COc1cc(C(=O)N2C=C(C)C[C@H]2CO)c(NC(=O)O)cc1OCCCCCOc1cc(NC(=O)O)c(C(=O)N2C=C(C)C[C@H]2CO)cc1OC. The number of methoxy groups -OCH3 is 2. The van der Waals surface area contributed by atoms with Crippen LogP contribution in [-0.4, -0.2) is 107 Å². The van der Waals surface area contributed by atoms with Gasteiger partial charge in [0.25, 0.3) is 11.8 Å². The Morgan fingerprint density at radius 2 is 1.06 bits per heavy atom. The van der Waals surface area contributed by atoms with Crippen LogP contribution >= 0.6 is 0 Å². The normalized spacial score (nSPS) is 16.7. The first kappa shape index (κ1) is 38.3. The molecule has 2 atom stereocenters. The van der Waals surface area contributed by atoms with Crippen LogP contribution in [0.5, 0.6) is 23.0 Å². The molecule has 2 heterocycles. The van der Waals surface area contributed by atoms with Gasteiger partial charge in [-0.2, -0.15) is 0 Å². The molecular weight excluding hydrogens is 668 g/mol. The second-order valence-electron chi connectivity index (χ2n) is 12.2. The van der Waals surface area contributed by atoms with Crippen molar-refractivity contribution in [3.05, 3.63) is 58.9 Å². The highest BCUT2D eigenvalue weighted by molar-refractivity contribution is 6.05. The smallest absolute Gasteiger partial charge is 0.409 e. The molecule has 16 heteroatoms. The van der Waals surface area contributed by atoms with Gasteiger partial charge in [0.15, 0.2) is 23.0 Å². The zero-order chi connectivity index (χ0) is 37.2. The first-order valence-corrected chi connectivity index (χ1v) is 16.3. The summed E-state index contributed by atoms with van der Waals surface area (Å²) in [5.74, 6) is -0.108. The summed E-state index contributed by atoms with van der Waals surface area (Å²) in [6.07, 6.45) is 3.30. The Balaban J connectivity index is 1.38. The summed E-state index contributed by atoms with van der Waals surface area (Å²) in [7, 11) is 2.80. The number of nitrogens with zero attached hydrogens (tertiary/aromatic N) is 2. The molecule has 0 radical (unpaired) electrons. The predicted octanol–water partition coefficient (Wildman–Crippen LogP) is 4.73. The number of anilines is 2. The van der Waals surface area contributed by atoms with Gasteiger partial charge in [-0.3, -0.25) is 20.2 Å². The fourth-order valence-electron chi connectivity index (χ4n) is 5.96. The number of benzene rings is 2. The summed E-state index contributed by atoms with van der Waals surface area (Å²) < 4.78 is 22.7. The number of nitrogens with one attached hydrogen (secondary N) is 2. The van der Waals surface area contributed by atoms with Gasteiger partial charge >= 0.3 is 12.2 Å². The van der Waals surface area contributed by atoms with E-state index in [0.29, 0.717) is 32.1 Å². The van der Waals surface area contributed by atoms with Crippen LogP contribution in [0, 0.1) is 0 Å². The van der Waals surface area contributed by atoms with E-state index in [1.807, 2.05) is 13.8 Å². The molecule has 2 aliphatic rings. The number of unbranched alkanes of at least 4 members (excludes halogenated alkanes) is 2. The maximum Gasteiger partial charge on any atom is 0.409 e. The molecule has 0 aliphatic carbocycles. The van der Waals surface area contributed by atoms with Crippen molar-refractivity contribution < 1.29 is 58.6 Å². The third-order valence-electron chi connectivity index (χ3n) is 8.37. The Morgan fingerprint density at radius 1 is 0.667 bits per heavy atom. The Hall–Kier alpha value is -5.48. The molecule has 16 nitrogen and oxygen atoms in total. The van der Waals surface area contributed by atoms with Gasteiger partial charge < -0.3 is 49.2 Å². The standard InChI is InChI=1S/C35H44N4O12/c1-20-10-22(18-40)38(16-20)32(42)24-12-28(48-3)30(14-26(24)36-34(44)45)50-8-6-5-7-9-51-31-15-27(37-35(46)47)25(13-29(31)49-4)33(43)39-17-21(2)11-23(39)19-41/h12-17,22-23,36-37,40-41H,5-11,18-19H2,1-4H3,(H,44,45)(H,46,47)/t22-,23-/m0/s1. The Kier molecular flexibility index (Phi) is 13.1. The van der Waals surface area contributed by atoms with Crippen LogP contribution in [-0.2, 0) is 0 Å². The van der Waals surface area contributed by atoms with Crippen molar-refractivity contribution in [3.8, 4) is 23.0 Å². The predicted molar refractivity (Wildman–Crippen MR) is 185 cm³/mol. The lowest BCUT2D eigenvalue weighted by Crippen LogP contribution is -2.35. The van der Waals surface area contributed by atoms with Crippen molar-refractivity contribution in [2.24, 2.45) is 0 Å². The van der Waals surface area contributed by atoms with Gasteiger partial charge in [0, 0.05) is 24.5 Å². The molecule has 0 saturated carbocycles. The Morgan fingerprint density at radius 3 is 1.39 bits per heavy atom. The molecular formula is C35H44N4O12. The first-order chi connectivity index (χ1) is 24.4. The van der Waals surface area contributed by atoms with Gasteiger partial charge in [-0.05, 0) is 58.1 Å². The third-order valence-corrected chi connectivity index (χ3v) is 8.37. The maximum absolute atomic E-state index is 13.4. The van der Waals surface area contributed by atoms with E-state index in [1.165, 1.54) is 48.3 Å². The average Bonchev–Trinajstić information content (AvgIpc) is 3.68. The van der Waals surface area contributed by atoms with E-state index in [4.69, 9.17) is 18.9 Å². The van der Waals surface area contributed by atoms with E-state index in [-0.39, 0.29) is 71.9 Å². The van der Waals surface area contributed by atoms with Crippen LogP contribution in [0.1, 0.15) is 66.7 Å². The summed E-state index contributed by atoms with van der Waals surface area (Å²) in [6.45, 7) is 3.62. The third kappa shape index (κ3) is 9.40. The van der Waals surface area contributed by atoms with Crippen molar-refractivity contribution in [2.45, 2.75) is 58.0 Å². The highest BCUT2D eigenvalue weighted by Gasteiger charge is 2.32. The van der Waals surface area contributed by atoms with Crippen LogP contribution in [0.2, 0.25) is 0 Å². The first-order valence-electron chi connectivity index (χ1n) is 16.3. The number of rotatable bonds is 16. The fourth-order valence-corrected chi connectivity index (χ4v) is 5.96. The maximum atomic E-state index is 13.4. The molecule has 0 unspecified atom stereocenters. The summed E-state index contributed by atoms with van der Waals surface area (Å²) in [6, 6.07) is 4.66. The highest BCUT2D eigenvalue weighted by atomic mass is 16.5. The average molecular weight is 713 g/mol. The lowest BCUT2D eigenvalue weighted by molar-refractivity contribution is 0.0726. The molecule has 2 aromatic carbocycles. The number of hydrogen-bond donors (Lipinski definition) is 6. The molecule has 276 valence electrons. The van der Waals surface area contributed by atoms with Gasteiger partial charge in [-0.15, -0.1) is 0 Å². The second-order valence-corrected chi connectivity index (χ2v) is 12.2. The minimum absolute atomic E-state index is 0.00462. The number of carbonyl (C=O) groups excluding carboxylic acids is 2. The van der Waals surface area contributed by atoms with Crippen LogP contribution in [0.25, 0.3) is 0 Å². The number of aliphatic hydroxyl groups excluding tert-OH is 2. The number of ether oxygens (including phenoxy) is 4. The number of carbonyl (C=O) groups is 4. The molecule has 6 N–H and O–H groups in total. The van der Waals surface area contributed by atoms with E-state index in [0.717, 1.165) is 11.1 Å². The molecule has 51 heavy (non-hydrogen) atoms. The number of hydrogen-bond acceptors (Lipinski definition) is 10. The molecule has 0 saturated heterocycles. The van der Waals surface area contributed by atoms with Gasteiger partial charge in [0.2, 0.25) is 0 Å². The summed E-state index contributed by atoms with van der Waals surface area (Å²) in [5.41, 5.74) is 1.89. The van der Waals surface area contributed by atoms with Gasteiger partial charge in [0.05, 0.1) is 75.2 Å². The number of carboxylic acid groups (broad SMARTS) is 2. The van der Waals surface area contributed by atoms with Gasteiger partial charge in [0.1, 0.15) is 0 Å². The fraction of sp³-hybridized carbons (Fsp3) is 0.429. The van der Waals surface area contributed by atoms with Crippen molar-refractivity contribution in [1.82, 2.24) is 9.80 Å². The Bertz CT molecular complexity index is 1570. The zero-order valence-corrected chi connectivity index (χ0v) is 28.9. The van der Waals surface area contributed by atoms with Crippen LogP contribution in [0.4, 0.5) is 21.0 Å². The topological polar surface area (TPSA) is 217 Å². The van der Waals surface area contributed by atoms with E-state index in [1.54, 1.807) is 12.4 Å². The zero-order valence-electron chi connectivity index (χ0n) is 28.9. The molecule has 0 fully saturated rings.